The molecule has 0 aromatic heterocycles. The molecule has 1 aliphatic carbocycles. The fraction of sp³-hybridized carbons (Fsp3) is 1.00. The molecule has 1 rings (SSSR count). The molecule has 78 valence electrons. The second kappa shape index (κ2) is 5.61. The molecule has 13 heavy (non-hydrogen) atoms. The van der Waals surface area contributed by atoms with Gasteiger partial charge in [-0.05, 0) is 43.9 Å². The van der Waals surface area contributed by atoms with Gasteiger partial charge in [0.15, 0.2) is 0 Å². The molecule has 0 bridgehead atoms. The van der Waals surface area contributed by atoms with Crippen molar-refractivity contribution in [2.45, 2.75) is 51.6 Å². The van der Waals surface area contributed by atoms with Gasteiger partial charge >= 0.3 is 0 Å². The zero-order valence-electron chi connectivity index (χ0n) is 8.58. The van der Waals surface area contributed by atoms with E-state index in [4.69, 9.17) is 5.11 Å². The van der Waals surface area contributed by atoms with Crippen LogP contribution in [-0.4, -0.2) is 22.9 Å². The predicted molar refractivity (Wildman–Crippen MR) is 53.4 cm³/mol. The third-order valence-corrected chi connectivity index (χ3v) is 3.36. The van der Waals surface area contributed by atoms with Gasteiger partial charge in [-0.2, -0.15) is 0 Å². The van der Waals surface area contributed by atoms with Crippen molar-refractivity contribution < 1.29 is 10.2 Å². The van der Waals surface area contributed by atoms with Crippen molar-refractivity contribution in [3.8, 4) is 0 Å². The van der Waals surface area contributed by atoms with E-state index in [1.54, 1.807) is 0 Å². The summed E-state index contributed by atoms with van der Waals surface area (Å²) in [6, 6.07) is 0. The summed E-state index contributed by atoms with van der Waals surface area (Å²) in [6.45, 7) is 2.49. The van der Waals surface area contributed by atoms with E-state index in [2.05, 4.69) is 6.92 Å². The van der Waals surface area contributed by atoms with Crippen molar-refractivity contribution in [1.29, 1.82) is 0 Å². The average Bonchev–Trinajstić information content (AvgIpc) is 2.17. The highest BCUT2D eigenvalue weighted by atomic mass is 16.3. The Hall–Kier alpha value is -0.0800. The number of hydrogen-bond acceptors (Lipinski definition) is 2. The van der Waals surface area contributed by atoms with Crippen LogP contribution < -0.4 is 0 Å². The molecule has 2 N–H and O–H groups in total. The highest BCUT2D eigenvalue weighted by molar-refractivity contribution is 4.79. The molecule has 0 aromatic carbocycles. The molecule has 2 heteroatoms. The highest BCUT2D eigenvalue weighted by Gasteiger charge is 2.27. The molecule has 0 aliphatic heterocycles. The summed E-state index contributed by atoms with van der Waals surface area (Å²) in [4.78, 5) is 0. The fourth-order valence-corrected chi connectivity index (χ4v) is 2.38. The van der Waals surface area contributed by atoms with Gasteiger partial charge in [0.2, 0.25) is 0 Å². The van der Waals surface area contributed by atoms with Gasteiger partial charge in [-0.25, -0.2) is 0 Å². The summed E-state index contributed by atoms with van der Waals surface area (Å²) in [5.41, 5.74) is 0. The first-order valence-corrected chi connectivity index (χ1v) is 5.56. The number of aliphatic hydroxyl groups is 2. The summed E-state index contributed by atoms with van der Waals surface area (Å²) in [5.74, 6) is 1.26. The van der Waals surface area contributed by atoms with Crippen molar-refractivity contribution in [3.63, 3.8) is 0 Å². The van der Waals surface area contributed by atoms with E-state index >= 15 is 0 Å². The van der Waals surface area contributed by atoms with E-state index in [9.17, 15) is 5.11 Å². The molecule has 1 fully saturated rings. The monoisotopic (exact) mass is 186 g/mol. The van der Waals surface area contributed by atoms with E-state index in [0.29, 0.717) is 5.92 Å². The van der Waals surface area contributed by atoms with Gasteiger partial charge in [-0.1, -0.05) is 13.3 Å². The van der Waals surface area contributed by atoms with Crippen LogP contribution in [0.25, 0.3) is 0 Å². The van der Waals surface area contributed by atoms with Crippen molar-refractivity contribution in [2.75, 3.05) is 6.61 Å². The van der Waals surface area contributed by atoms with E-state index in [0.717, 1.165) is 31.6 Å². The molecule has 2 nitrogen and oxygen atoms in total. The Bertz CT molecular complexity index is 136. The molecule has 0 heterocycles. The molecule has 3 unspecified atom stereocenters. The standard InChI is InChI=1S/C11H22O2/c1-2-9-5-6-11(13)10(8-9)4-3-7-12/h9-13H,2-8H2,1H3. The minimum Gasteiger partial charge on any atom is -0.396 e. The van der Waals surface area contributed by atoms with Crippen LogP contribution in [0.5, 0.6) is 0 Å². The van der Waals surface area contributed by atoms with Gasteiger partial charge in [-0.3, -0.25) is 0 Å². The van der Waals surface area contributed by atoms with Crippen molar-refractivity contribution >= 4 is 0 Å². The molecule has 0 aromatic rings. The Balaban J connectivity index is 2.31. The molecule has 1 aliphatic rings. The third-order valence-electron chi connectivity index (χ3n) is 3.36. The minimum absolute atomic E-state index is 0.102. The van der Waals surface area contributed by atoms with Gasteiger partial charge in [-0.15, -0.1) is 0 Å². The Labute approximate surface area is 81.0 Å². The second-order valence-corrected chi connectivity index (χ2v) is 4.28. The lowest BCUT2D eigenvalue weighted by Gasteiger charge is -2.32. The first kappa shape index (κ1) is 11.0. The Morgan fingerprint density at radius 3 is 2.69 bits per heavy atom. The maximum Gasteiger partial charge on any atom is 0.0568 e. The minimum atomic E-state index is -0.102. The van der Waals surface area contributed by atoms with Crippen LogP contribution in [0.4, 0.5) is 0 Å². The average molecular weight is 186 g/mol. The molecular weight excluding hydrogens is 164 g/mol. The molecule has 1 saturated carbocycles. The zero-order valence-corrected chi connectivity index (χ0v) is 8.58. The molecule has 0 radical (unpaired) electrons. The summed E-state index contributed by atoms with van der Waals surface area (Å²) in [5, 5.41) is 18.5. The van der Waals surface area contributed by atoms with Crippen molar-refractivity contribution in [1.82, 2.24) is 0 Å². The van der Waals surface area contributed by atoms with Gasteiger partial charge in [0.05, 0.1) is 6.10 Å². The molecule has 3 atom stereocenters. The van der Waals surface area contributed by atoms with Crippen molar-refractivity contribution in [2.24, 2.45) is 11.8 Å². The van der Waals surface area contributed by atoms with Crippen LogP contribution in [0.15, 0.2) is 0 Å². The van der Waals surface area contributed by atoms with Gasteiger partial charge in [0.25, 0.3) is 0 Å². The number of hydrogen-bond donors (Lipinski definition) is 2. The lowest BCUT2D eigenvalue weighted by Crippen LogP contribution is -2.29. The van der Waals surface area contributed by atoms with E-state index < -0.39 is 0 Å². The predicted octanol–water partition coefficient (Wildman–Crippen LogP) is 1.95. The van der Waals surface area contributed by atoms with Gasteiger partial charge in [0, 0.05) is 6.61 Å². The fourth-order valence-electron chi connectivity index (χ4n) is 2.38. The third kappa shape index (κ3) is 3.28. The van der Waals surface area contributed by atoms with Crippen LogP contribution in [0.1, 0.15) is 45.4 Å². The largest absolute Gasteiger partial charge is 0.396 e. The highest BCUT2D eigenvalue weighted by Crippen LogP contribution is 2.33. The Kier molecular flexibility index (Phi) is 4.74. The van der Waals surface area contributed by atoms with Crippen molar-refractivity contribution in [3.05, 3.63) is 0 Å². The second-order valence-electron chi connectivity index (χ2n) is 4.28. The van der Waals surface area contributed by atoms with Crippen LogP contribution in [0, 0.1) is 11.8 Å². The molecular formula is C11H22O2. The lowest BCUT2D eigenvalue weighted by molar-refractivity contribution is 0.0397. The smallest absolute Gasteiger partial charge is 0.0568 e. The summed E-state index contributed by atoms with van der Waals surface area (Å²) < 4.78 is 0. The van der Waals surface area contributed by atoms with Crippen LogP contribution >= 0.6 is 0 Å². The SMILES string of the molecule is CCC1CCC(O)C(CCCO)C1. The van der Waals surface area contributed by atoms with Gasteiger partial charge in [0.1, 0.15) is 0 Å². The number of aliphatic hydroxyl groups excluding tert-OH is 2. The lowest BCUT2D eigenvalue weighted by atomic mass is 9.76. The van der Waals surface area contributed by atoms with Crippen LogP contribution in [-0.2, 0) is 0 Å². The first-order valence-electron chi connectivity index (χ1n) is 5.56. The molecule has 0 saturated heterocycles. The van der Waals surface area contributed by atoms with Gasteiger partial charge < -0.3 is 10.2 Å². The molecule has 0 spiro atoms. The van der Waals surface area contributed by atoms with E-state index in [1.165, 1.54) is 12.8 Å². The van der Waals surface area contributed by atoms with Crippen LogP contribution in [0.3, 0.4) is 0 Å². The Morgan fingerprint density at radius 2 is 2.08 bits per heavy atom. The molecule has 0 amide bonds. The first-order chi connectivity index (χ1) is 6.27. The normalized spacial score (nSPS) is 34.8. The summed E-state index contributed by atoms with van der Waals surface area (Å²) >= 11 is 0. The maximum absolute atomic E-state index is 9.73. The van der Waals surface area contributed by atoms with E-state index in [-0.39, 0.29) is 12.7 Å². The number of rotatable bonds is 4. The van der Waals surface area contributed by atoms with E-state index in [1.807, 2.05) is 0 Å². The Morgan fingerprint density at radius 1 is 1.31 bits per heavy atom. The summed E-state index contributed by atoms with van der Waals surface area (Å²) in [7, 11) is 0. The topological polar surface area (TPSA) is 40.5 Å². The summed E-state index contributed by atoms with van der Waals surface area (Å²) in [6.07, 6.45) is 6.29. The van der Waals surface area contributed by atoms with Crippen LogP contribution in [0.2, 0.25) is 0 Å². The maximum atomic E-state index is 9.73. The quantitative estimate of drug-likeness (QED) is 0.704. The zero-order chi connectivity index (χ0) is 9.68.